The largest absolute Gasteiger partial charge is 0.376 e. The molecule has 0 spiro atoms. The number of carbonyl (C=O) groups is 1. The number of ether oxygens (including phenoxy) is 1. The highest BCUT2D eigenvalue weighted by Gasteiger charge is 2.14. The fourth-order valence-corrected chi connectivity index (χ4v) is 2.81. The van der Waals surface area contributed by atoms with Crippen LogP contribution in [0.5, 0.6) is 0 Å². The highest BCUT2D eigenvalue weighted by Crippen LogP contribution is 2.19. The van der Waals surface area contributed by atoms with E-state index in [4.69, 9.17) is 10.5 Å². The fourth-order valence-electron chi connectivity index (χ4n) is 2.32. The molecule has 1 saturated carbocycles. The van der Waals surface area contributed by atoms with Crippen molar-refractivity contribution in [2.24, 2.45) is 5.73 Å². The van der Waals surface area contributed by atoms with E-state index >= 15 is 0 Å². The standard InChI is InChI=1S/C14H28N2O2S/c1-19-11-8-13(15)14(17)16-9-10-18-12-6-4-2-3-5-7-12/h12-13H,2-11,15H2,1H3,(H,16,17)/t13-/m0/s1. The molecule has 1 atom stereocenters. The van der Waals surface area contributed by atoms with Gasteiger partial charge in [-0.15, -0.1) is 0 Å². The van der Waals surface area contributed by atoms with Gasteiger partial charge in [-0.3, -0.25) is 4.79 Å². The Morgan fingerprint density at radius 2 is 2.05 bits per heavy atom. The van der Waals surface area contributed by atoms with Gasteiger partial charge in [-0.1, -0.05) is 25.7 Å². The number of nitrogens with one attached hydrogen (secondary N) is 1. The van der Waals surface area contributed by atoms with Crippen LogP contribution in [0.15, 0.2) is 0 Å². The maximum Gasteiger partial charge on any atom is 0.237 e. The molecule has 0 radical (unpaired) electrons. The van der Waals surface area contributed by atoms with Crippen LogP contribution in [0.2, 0.25) is 0 Å². The van der Waals surface area contributed by atoms with Crippen LogP contribution in [0.4, 0.5) is 0 Å². The molecule has 1 aliphatic rings. The second-order valence-corrected chi connectivity index (χ2v) is 6.15. The zero-order valence-electron chi connectivity index (χ0n) is 12.0. The summed E-state index contributed by atoms with van der Waals surface area (Å²) in [4.78, 5) is 11.7. The minimum absolute atomic E-state index is 0.0569. The first-order valence-electron chi connectivity index (χ1n) is 7.38. The smallest absolute Gasteiger partial charge is 0.237 e. The Labute approximate surface area is 121 Å². The van der Waals surface area contributed by atoms with Crippen molar-refractivity contribution in [3.8, 4) is 0 Å². The van der Waals surface area contributed by atoms with Gasteiger partial charge < -0.3 is 15.8 Å². The first-order valence-corrected chi connectivity index (χ1v) is 8.77. The lowest BCUT2D eigenvalue weighted by Crippen LogP contribution is -2.42. The van der Waals surface area contributed by atoms with Crippen molar-refractivity contribution in [1.29, 1.82) is 0 Å². The van der Waals surface area contributed by atoms with Crippen LogP contribution in [0.25, 0.3) is 0 Å². The lowest BCUT2D eigenvalue weighted by molar-refractivity contribution is -0.122. The molecule has 1 fully saturated rings. The van der Waals surface area contributed by atoms with E-state index in [-0.39, 0.29) is 11.9 Å². The summed E-state index contributed by atoms with van der Waals surface area (Å²) in [5.41, 5.74) is 5.78. The number of carbonyl (C=O) groups excluding carboxylic acids is 1. The quantitative estimate of drug-likeness (QED) is 0.529. The average molecular weight is 288 g/mol. The van der Waals surface area contributed by atoms with E-state index in [2.05, 4.69) is 5.32 Å². The molecule has 0 unspecified atom stereocenters. The highest BCUT2D eigenvalue weighted by atomic mass is 32.2. The molecule has 0 aromatic heterocycles. The van der Waals surface area contributed by atoms with Crippen molar-refractivity contribution in [2.45, 2.75) is 57.1 Å². The predicted octanol–water partition coefficient (Wildman–Crippen LogP) is 1.92. The molecule has 1 amide bonds. The molecule has 112 valence electrons. The van der Waals surface area contributed by atoms with Gasteiger partial charge in [0, 0.05) is 6.54 Å². The van der Waals surface area contributed by atoms with Crippen LogP contribution >= 0.6 is 11.8 Å². The van der Waals surface area contributed by atoms with Gasteiger partial charge in [-0.25, -0.2) is 0 Å². The summed E-state index contributed by atoms with van der Waals surface area (Å²) in [7, 11) is 0. The van der Waals surface area contributed by atoms with E-state index in [1.54, 1.807) is 11.8 Å². The molecule has 3 N–H and O–H groups in total. The zero-order chi connectivity index (χ0) is 13.9. The molecule has 0 aromatic carbocycles. The molecule has 0 bridgehead atoms. The maximum atomic E-state index is 11.7. The van der Waals surface area contributed by atoms with Gasteiger partial charge >= 0.3 is 0 Å². The second-order valence-electron chi connectivity index (χ2n) is 5.16. The molecule has 1 aliphatic carbocycles. The van der Waals surface area contributed by atoms with Crippen LogP contribution < -0.4 is 11.1 Å². The number of thioether (sulfide) groups is 1. The summed E-state index contributed by atoms with van der Waals surface area (Å²) in [6, 6.07) is -0.384. The van der Waals surface area contributed by atoms with Crippen molar-refractivity contribution < 1.29 is 9.53 Å². The number of hydrogen-bond acceptors (Lipinski definition) is 4. The molecule has 1 rings (SSSR count). The van der Waals surface area contributed by atoms with E-state index in [1.807, 2.05) is 6.26 Å². The molecule has 4 nitrogen and oxygen atoms in total. The van der Waals surface area contributed by atoms with E-state index in [0.717, 1.165) is 12.2 Å². The number of rotatable bonds is 8. The third-order valence-corrected chi connectivity index (χ3v) is 4.17. The average Bonchev–Trinajstić information content (AvgIpc) is 2.69. The molecule has 0 aliphatic heterocycles. The van der Waals surface area contributed by atoms with Gasteiger partial charge in [-0.2, -0.15) is 11.8 Å². The summed E-state index contributed by atoms with van der Waals surface area (Å²) in [6.07, 6.45) is 10.7. The van der Waals surface area contributed by atoms with Crippen LogP contribution in [-0.2, 0) is 9.53 Å². The van der Waals surface area contributed by atoms with Crippen molar-refractivity contribution >= 4 is 17.7 Å². The number of nitrogens with two attached hydrogens (primary N) is 1. The number of amides is 1. The Balaban J connectivity index is 2.04. The van der Waals surface area contributed by atoms with E-state index in [0.29, 0.717) is 19.3 Å². The van der Waals surface area contributed by atoms with E-state index < -0.39 is 0 Å². The van der Waals surface area contributed by atoms with Crippen molar-refractivity contribution in [1.82, 2.24) is 5.32 Å². The maximum absolute atomic E-state index is 11.7. The topological polar surface area (TPSA) is 64.4 Å². The molecular formula is C14H28N2O2S. The Morgan fingerprint density at radius 1 is 1.37 bits per heavy atom. The minimum Gasteiger partial charge on any atom is -0.376 e. The molecule has 19 heavy (non-hydrogen) atoms. The predicted molar refractivity (Wildman–Crippen MR) is 81.4 cm³/mol. The second kappa shape index (κ2) is 10.5. The molecular weight excluding hydrogens is 260 g/mol. The normalized spacial score (nSPS) is 18.8. The van der Waals surface area contributed by atoms with Crippen LogP contribution in [-0.4, -0.2) is 43.2 Å². The Morgan fingerprint density at radius 3 is 2.68 bits per heavy atom. The molecule has 0 saturated heterocycles. The minimum atomic E-state index is -0.384. The Hall–Kier alpha value is -0.260. The first-order chi connectivity index (χ1) is 9.24. The summed E-state index contributed by atoms with van der Waals surface area (Å²) in [5, 5.41) is 2.85. The van der Waals surface area contributed by atoms with Gasteiger partial charge in [0.25, 0.3) is 0 Å². The van der Waals surface area contributed by atoms with Crippen LogP contribution in [0.1, 0.15) is 44.9 Å². The third-order valence-electron chi connectivity index (χ3n) is 3.53. The van der Waals surface area contributed by atoms with Gasteiger partial charge in [0.15, 0.2) is 0 Å². The molecule has 5 heteroatoms. The Kier molecular flexibility index (Phi) is 9.30. The first kappa shape index (κ1) is 16.8. The summed E-state index contributed by atoms with van der Waals surface area (Å²) >= 11 is 1.71. The van der Waals surface area contributed by atoms with Gasteiger partial charge in [0.2, 0.25) is 5.91 Å². The number of hydrogen-bond donors (Lipinski definition) is 2. The SMILES string of the molecule is CSCC[C@H](N)C(=O)NCCOC1CCCCCC1. The Bertz CT molecular complexity index is 244. The molecule has 0 aromatic rings. The lowest BCUT2D eigenvalue weighted by Gasteiger charge is -2.16. The van der Waals surface area contributed by atoms with E-state index in [9.17, 15) is 4.79 Å². The van der Waals surface area contributed by atoms with E-state index in [1.165, 1.54) is 38.5 Å². The van der Waals surface area contributed by atoms with Crippen LogP contribution in [0, 0.1) is 0 Å². The van der Waals surface area contributed by atoms with Gasteiger partial charge in [0.05, 0.1) is 18.8 Å². The van der Waals surface area contributed by atoms with Crippen LogP contribution in [0.3, 0.4) is 0 Å². The lowest BCUT2D eigenvalue weighted by atomic mass is 10.1. The monoisotopic (exact) mass is 288 g/mol. The zero-order valence-corrected chi connectivity index (χ0v) is 12.8. The summed E-state index contributed by atoms with van der Waals surface area (Å²) in [5.74, 6) is 0.867. The van der Waals surface area contributed by atoms with Gasteiger partial charge in [-0.05, 0) is 31.3 Å². The highest BCUT2D eigenvalue weighted by molar-refractivity contribution is 7.98. The summed E-state index contributed by atoms with van der Waals surface area (Å²) < 4.78 is 5.81. The van der Waals surface area contributed by atoms with Gasteiger partial charge in [0.1, 0.15) is 0 Å². The van der Waals surface area contributed by atoms with Crippen molar-refractivity contribution in [3.05, 3.63) is 0 Å². The third kappa shape index (κ3) is 7.80. The summed E-state index contributed by atoms with van der Waals surface area (Å²) in [6.45, 7) is 1.17. The fraction of sp³-hybridized carbons (Fsp3) is 0.929. The van der Waals surface area contributed by atoms with Crippen molar-refractivity contribution in [2.75, 3.05) is 25.2 Å². The molecule has 0 heterocycles. The van der Waals surface area contributed by atoms with Crippen molar-refractivity contribution in [3.63, 3.8) is 0 Å².